The molecule has 1 aliphatic heterocycles. The fourth-order valence-corrected chi connectivity index (χ4v) is 3.27. The van der Waals surface area contributed by atoms with Crippen LogP contribution in [0.2, 0.25) is 0 Å². The van der Waals surface area contributed by atoms with Gasteiger partial charge >= 0.3 is 6.09 Å². The molecule has 0 aliphatic carbocycles. The van der Waals surface area contributed by atoms with Gasteiger partial charge < -0.3 is 14.4 Å². The molecule has 2 unspecified atom stereocenters. The second-order valence-electron chi connectivity index (χ2n) is 6.90. The van der Waals surface area contributed by atoms with E-state index in [4.69, 9.17) is 9.47 Å². The summed E-state index contributed by atoms with van der Waals surface area (Å²) in [6, 6.07) is 15.7. The van der Waals surface area contributed by atoms with Crippen LogP contribution in [0.5, 0.6) is 5.75 Å². The summed E-state index contributed by atoms with van der Waals surface area (Å²) in [5.41, 5.74) is 0.303. The van der Waals surface area contributed by atoms with Crippen LogP contribution >= 0.6 is 0 Å². The van der Waals surface area contributed by atoms with Crippen LogP contribution in [0.15, 0.2) is 54.6 Å². The summed E-state index contributed by atoms with van der Waals surface area (Å²) in [4.78, 5) is 24.7. The van der Waals surface area contributed by atoms with Gasteiger partial charge in [-0.05, 0) is 36.6 Å². The maximum atomic E-state index is 14.6. The monoisotopic (exact) mass is 371 g/mol. The third-order valence-electron chi connectivity index (χ3n) is 4.76. The summed E-state index contributed by atoms with van der Waals surface area (Å²) < 4.78 is 24.9. The summed E-state index contributed by atoms with van der Waals surface area (Å²) in [7, 11) is 0. The van der Waals surface area contributed by atoms with E-state index in [0.717, 1.165) is 11.1 Å². The Balaban J connectivity index is 1.74. The van der Waals surface area contributed by atoms with E-state index in [1.165, 1.54) is 0 Å². The zero-order chi connectivity index (χ0) is 19.3. The Morgan fingerprint density at radius 2 is 1.93 bits per heavy atom. The Hall–Kier alpha value is -2.89. The molecule has 0 saturated carbocycles. The topological polar surface area (TPSA) is 55.8 Å². The van der Waals surface area contributed by atoms with E-state index in [2.05, 4.69) is 0 Å². The molecule has 6 heteroatoms. The van der Waals surface area contributed by atoms with Gasteiger partial charge in [-0.1, -0.05) is 42.5 Å². The fourth-order valence-electron chi connectivity index (χ4n) is 3.27. The van der Waals surface area contributed by atoms with E-state index in [0.29, 0.717) is 12.2 Å². The molecule has 142 valence electrons. The Morgan fingerprint density at radius 3 is 2.59 bits per heavy atom. The van der Waals surface area contributed by atoms with Gasteiger partial charge in [0.2, 0.25) is 0 Å². The third-order valence-corrected chi connectivity index (χ3v) is 4.76. The van der Waals surface area contributed by atoms with E-state index in [9.17, 15) is 14.0 Å². The number of likely N-dealkylation sites (tertiary alicyclic amines) is 1. The smallest absolute Gasteiger partial charge is 0.410 e. The van der Waals surface area contributed by atoms with Gasteiger partial charge in [-0.25, -0.2) is 9.18 Å². The number of carbonyl (C=O) groups is 2. The zero-order valence-corrected chi connectivity index (χ0v) is 15.1. The first-order valence-corrected chi connectivity index (χ1v) is 8.85. The predicted molar refractivity (Wildman–Crippen MR) is 98.0 cm³/mol. The summed E-state index contributed by atoms with van der Waals surface area (Å²) in [5, 5.41) is 0. The van der Waals surface area contributed by atoms with Crippen LogP contribution in [0.3, 0.4) is 0 Å². The van der Waals surface area contributed by atoms with Crippen molar-refractivity contribution in [3.8, 4) is 5.75 Å². The van der Waals surface area contributed by atoms with Gasteiger partial charge in [0, 0.05) is 13.0 Å². The lowest BCUT2D eigenvalue weighted by atomic mass is 9.86. The van der Waals surface area contributed by atoms with Crippen LogP contribution in [0.1, 0.15) is 36.9 Å². The number of halogens is 1. The highest BCUT2D eigenvalue weighted by Gasteiger charge is 2.40. The van der Waals surface area contributed by atoms with Gasteiger partial charge in [0.15, 0.2) is 0 Å². The maximum absolute atomic E-state index is 14.6. The number of benzene rings is 2. The SMILES string of the molecule is CC1(F)CCN(C(=O)OCc2ccccc2)C(c2ccc(OC=O)cc2)C1. The van der Waals surface area contributed by atoms with Crippen LogP contribution in [-0.2, 0) is 16.1 Å². The molecule has 1 saturated heterocycles. The summed E-state index contributed by atoms with van der Waals surface area (Å²) in [6.07, 6.45) is -0.0232. The molecule has 1 heterocycles. The molecule has 1 aliphatic rings. The minimum Gasteiger partial charge on any atom is -0.445 e. The fraction of sp³-hybridized carbons (Fsp3) is 0.333. The number of piperidine rings is 1. The largest absolute Gasteiger partial charge is 0.445 e. The number of rotatable bonds is 5. The number of hydrogen-bond acceptors (Lipinski definition) is 4. The molecule has 5 nitrogen and oxygen atoms in total. The van der Waals surface area contributed by atoms with Crippen LogP contribution in [0, 0.1) is 0 Å². The van der Waals surface area contributed by atoms with Crippen LogP contribution in [0.25, 0.3) is 0 Å². The van der Waals surface area contributed by atoms with Crippen molar-refractivity contribution in [2.24, 2.45) is 0 Å². The van der Waals surface area contributed by atoms with Crippen molar-refractivity contribution in [1.29, 1.82) is 0 Å². The van der Waals surface area contributed by atoms with Crippen LogP contribution in [0.4, 0.5) is 9.18 Å². The third kappa shape index (κ3) is 4.84. The van der Waals surface area contributed by atoms with Crippen molar-refractivity contribution in [3.63, 3.8) is 0 Å². The Labute approximate surface area is 157 Å². The van der Waals surface area contributed by atoms with E-state index in [1.807, 2.05) is 30.3 Å². The Kier molecular flexibility index (Phi) is 5.74. The molecular weight excluding hydrogens is 349 g/mol. The van der Waals surface area contributed by atoms with Crippen molar-refractivity contribution in [3.05, 3.63) is 65.7 Å². The first-order chi connectivity index (χ1) is 13.0. The highest BCUT2D eigenvalue weighted by atomic mass is 19.1. The van der Waals surface area contributed by atoms with Crippen molar-refractivity contribution in [1.82, 2.24) is 4.90 Å². The van der Waals surface area contributed by atoms with E-state index >= 15 is 0 Å². The molecule has 2 aromatic rings. The Morgan fingerprint density at radius 1 is 1.22 bits per heavy atom. The van der Waals surface area contributed by atoms with Gasteiger partial charge in [-0.15, -0.1) is 0 Å². The first-order valence-electron chi connectivity index (χ1n) is 8.85. The predicted octanol–water partition coefficient (Wildman–Crippen LogP) is 4.42. The molecule has 27 heavy (non-hydrogen) atoms. The maximum Gasteiger partial charge on any atom is 0.410 e. The van der Waals surface area contributed by atoms with E-state index in [1.54, 1.807) is 36.1 Å². The minimum absolute atomic E-state index is 0.169. The Bertz CT molecular complexity index is 777. The lowest BCUT2D eigenvalue weighted by molar-refractivity contribution is -0.120. The normalized spacial score (nSPS) is 22.1. The quantitative estimate of drug-likeness (QED) is 0.730. The van der Waals surface area contributed by atoms with Crippen molar-refractivity contribution in [2.75, 3.05) is 6.54 Å². The molecule has 3 rings (SSSR count). The second kappa shape index (κ2) is 8.20. The van der Waals surface area contributed by atoms with Crippen molar-refractivity contribution >= 4 is 12.6 Å². The van der Waals surface area contributed by atoms with Gasteiger partial charge in [-0.2, -0.15) is 0 Å². The molecule has 2 aromatic carbocycles. The average Bonchev–Trinajstić information content (AvgIpc) is 2.67. The van der Waals surface area contributed by atoms with Gasteiger partial charge in [0.1, 0.15) is 18.0 Å². The molecule has 1 fully saturated rings. The van der Waals surface area contributed by atoms with Crippen molar-refractivity contribution in [2.45, 2.75) is 38.1 Å². The number of nitrogens with zero attached hydrogens (tertiary/aromatic N) is 1. The molecule has 0 bridgehead atoms. The van der Waals surface area contributed by atoms with Crippen LogP contribution < -0.4 is 4.74 Å². The lowest BCUT2D eigenvalue weighted by Gasteiger charge is -2.40. The summed E-state index contributed by atoms with van der Waals surface area (Å²) in [6.45, 7) is 2.35. The molecule has 0 N–H and O–H groups in total. The van der Waals surface area contributed by atoms with Gasteiger partial charge in [0.05, 0.1) is 6.04 Å². The number of carbonyl (C=O) groups excluding carboxylic acids is 2. The molecular formula is C21H22FNO4. The van der Waals surface area contributed by atoms with Crippen LogP contribution in [-0.4, -0.2) is 29.7 Å². The number of hydrogen-bond donors (Lipinski definition) is 0. The highest BCUT2D eigenvalue weighted by Crippen LogP contribution is 2.39. The zero-order valence-electron chi connectivity index (χ0n) is 15.1. The van der Waals surface area contributed by atoms with E-state index in [-0.39, 0.29) is 26.0 Å². The standard InChI is InChI=1S/C21H22FNO4/c1-21(22)11-12-23(20(25)26-14-16-5-3-2-4-6-16)19(13-21)17-7-9-18(10-8-17)27-15-24/h2-10,15,19H,11-14H2,1H3. The first kappa shape index (κ1) is 18.9. The lowest BCUT2D eigenvalue weighted by Crippen LogP contribution is -2.45. The number of alkyl halides is 1. The summed E-state index contributed by atoms with van der Waals surface area (Å²) >= 11 is 0. The van der Waals surface area contributed by atoms with Gasteiger partial charge in [0.25, 0.3) is 6.47 Å². The molecule has 1 amide bonds. The number of ether oxygens (including phenoxy) is 2. The molecule has 0 radical (unpaired) electrons. The molecule has 0 aromatic heterocycles. The number of amides is 1. The second-order valence-corrected chi connectivity index (χ2v) is 6.90. The average molecular weight is 371 g/mol. The van der Waals surface area contributed by atoms with Crippen molar-refractivity contribution < 1.29 is 23.5 Å². The molecule has 2 atom stereocenters. The minimum atomic E-state index is -1.36. The van der Waals surface area contributed by atoms with Gasteiger partial charge in [-0.3, -0.25) is 4.79 Å². The summed E-state index contributed by atoms with van der Waals surface area (Å²) in [5.74, 6) is 0.394. The highest BCUT2D eigenvalue weighted by molar-refractivity contribution is 5.68. The van der Waals surface area contributed by atoms with E-state index < -0.39 is 17.8 Å². The molecule has 0 spiro atoms.